The van der Waals surface area contributed by atoms with E-state index in [-0.39, 0.29) is 0 Å². The molecule has 0 amide bonds. The Balaban J connectivity index is 1.80. The zero-order valence-electron chi connectivity index (χ0n) is 17.4. The second-order valence-electron chi connectivity index (χ2n) is 7.98. The molecular formula is C24H23N5O. The highest BCUT2D eigenvalue weighted by Crippen LogP contribution is 2.39. The summed E-state index contributed by atoms with van der Waals surface area (Å²) in [5.41, 5.74) is 8.62. The molecule has 0 aliphatic carbocycles. The van der Waals surface area contributed by atoms with E-state index in [4.69, 9.17) is 16.1 Å². The SMILES string of the molecule is [C-]#[N+]c1ccc(C)c(-c2cc(-c3c(C)noc3C)cc3[nH]c(N4CCCC4)nc23)c1. The molecule has 1 aliphatic heterocycles. The number of imidazole rings is 1. The Morgan fingerprint density at radius 1 is 1.07 bits per heavy atom. The van der Waals surface area contributed by atoms with Crippen molar-refractivity contribution in [3.63, 3.8) is 0 Å². The molecule has 0 bridgehead atoms. The molecule has 0 atom stereocenters. The van der Waals surface area contributed by atoms with Crippen LogP contribution in [0.5, 0.6) is 0 Å². The topological polar surface area (TPSA) is 62.3 Å². The minimum absolute atomic E-state index is 0.627. The van der Waals surface area contributed by atoms with Gasteiger partial charge in [0.1, 0.15) is 5.76 Å². The first-order valence-electron chi connectivity index (χ1n) is 10.3. The number of hydrogen-bond donors (Lipinski definition) is 1. The maximum absolute atomic E-state index is 7.44. The maximum Gasteiger partial charge on any atom is 0.203 e. The second kappa shape index (κ2) is 7.03. The summed E-state index contributed by atoms with van der Waals surface area (Å²) in [6.45, 7) is 15.5. The Labute approximate surface area is 175 Å². The van der Waals surface area contributed by atoms with Gasteiger partial charge in [0.2, 0.25) is 5.95 Å². The Hall–Kier alpha value is -3.59. The number of nitrogens with one attached hydrogen (secondary N) is 1. The van der Waals surface area contributed by atoms with Gasteiger partial charge in [-0.1, -0.05) is 17.3 Å². The summed E-state index contributed by atoms with van der Waals surface area (Å²) in [6.07, 6.45) is 2.39. The molecule has 3 heterocycles. The molecule has 1 fully saturated rings. The standard InChI is InChI=1S/C24H23N5O/c1-14-7-8-18(25-4)13-19(14)20-11-17(22-15(2)28-30-16(22)3)12-21-23(20)27-24(26-21)29-9-5-6-10-29/h7-8,11-13H,5-6,9-10H2,1-3H3,(H,26,27). The van der Waals surface area contributed by atoms with E-state index in [0.717, 1.165) is 69.3 Å². The number of aromatic amines is 1. The van der Waals surface area contributed by atoms with Gasteiger partial charge in [0, 0.05) is 24.2 Å². The molecule has 0 radical (unpaired) electrons. The van der Waals surface area contributed by atoms with E-state index < -0.39 is 0 Å². The van der Waals surface area contributed by atoms with Crippen molar-refractivity contribution in [3.8, 4) is 22.3 Å². The summed E-state index contributed by atoms with van der Waals surface area (Å²) < 4.78 is 5.43. The van der Waals surface area contributed by atoms with Crippen LogP contribution >= 0.6 is 0 Å². The summed E-state index contributed by atoms with van der Waals surface area (Å²) in [5, 5.41) is 4.14. The fourth-order valence-corrected chi connectivity index (χ4v) is 4.40. The van der Waals surface area contributed by atoms with Crippen LogP contribution < -0.4 is 4.90 Å². The van der Waals surface area contributed by atoms with Gasteiger partial charge in [0.05, 0.1) is 23.3 Å². The third-order valence-corrected chi connectivity index (χ3v) is 5.94. The maximum atomic E-state index is 7.44. The summed E-state index contributed by atoms with van der Waals surface area (Å²) in [6, 6.07) is 10.1. The smallest absolute Gasteiger partial charge is 0.203 e. The number of fused-ring (bicyclic) bond motifs is 1. The highest BCUT2D eigenvalue weighted by molar-refractivity contribution is 5.98. The lowest BCUT2D eigenvalue weighted by molar-refractivity contribution is 0.393. The first-order valence-corrected chi connectivity index (χ1v) is 10.3. The number of rotatable bonds is 3. The molecule has 5 rings (SSSR count). The summed E-state index contributed by atoms with van der Waals surface area (Å²) in [7, 11) is 0. The first-order chi connectivity index (χ1) is 14.5. The van der Waals surface area contributed by atoms with Gasteiger partial charge in [0.25, 0.3) is 0 Å². The van der Waals surface area contributed by atoms with Crippen LogP contribution in [0.1, 0.15) is 29.9 Å². The molecule has 2 aromatic carbocycles. The van der Waals surface area contributed by atoms with Crippen LogP contribution in [-0.4, -0.2) is 28.2 Å². The van der Waals surface area contributed by atoms with Gasteiger partial charge in [-0.2, -0.15) is 0 Å². The minimum Gasteiger partial charge on any atom is -0.361 e. The molecule has 0 unspecified atom stereocenters. The average Bonchev–Trinajstić information content (AvgIpc) is 3.47. The molecule has 1 aliphatic rings. The van der Waals surface area contributed by atoms with Gasteiger partial charge >= 0.3 is 0 Å². The molecule has 0 spiro atoms. The van der Waals surface area contributed by atoms with Crippen LogP contribution in [0.3, 0.4) is 0 Å². The molecule has 1 saturated heterocycles. The van der Waals surface area contributed by atoms with Crippen molar-refractivity contribution >= 4 is 22.7 Å². The monoisotopic (exact) mass is 397 g/mol. The normalized spacial score (nSPS) is 13.9. The average molecular weight is 397 g/mol. The van der Waals surface area contributed by atoms with Crippen molar-refractivity contribution in [1.82, 2.24) is 15.1 Å². The molecule has 4 aromatic rings. The number of hydrogen-bond acceptors (Lipinski definition) is 4. The van der Waals surface area contributed by atoms with Crippen LogP contribution in [-0.2, 0) is 0 Å². The van der Waals surface area contributed by atoms with Crippen molar-refractivity contribution in [2.45, 2.75) is 33.6 Å². The van der Waals surface area contributed by atoms with Gasteiger partial charge < -0.3 is 14.4 Å². The van der Waals surface area contributed by atoms with Crippen LogP contribution in [0.15, 0.2) is 34.9 Å². The van der Waals surface area contributed by atoms with E-state index in [2.05, 4.69) is 38.9 Å². The molecular weight excluding hydrogens is 374 g/mol. The Kier molecular flexibility index (Phi) is 4.32. The minimum atomic E-state index is 0.627. The number of anilines is 1. The van der Waals surface area contributed by atoms with E-state index >= 15 is 0 Å². The van der Waals surface area contributed by atoms with Gasteiger partial charge in [0.15, 0.2) is 5.69 Å². The van der Waals surface area contributed by atoms with E-state index in [0.29, 0.717) is 5.69 Å². The van der Waals surface area contributed by atoms with E-state index in [1.165, 1.54) is 12.8 Å². The lowest BCUT2D eigenvalue weighted by Gasteiger charge is -2.12. The molecule has 2 aromatic heterocycles. The van der Waals surface area contributed by atoms with E-state index in [1.54, 1.807) is 0 Å². The van der Waals surface area contributed by atoms with Gasteiger partial charge in [-0.3, -0.25) is 0 Å². The van der Waals surface area contributed by atoms with Crippen molar-refractivity contribution in [1.29, 1.82) is 0 Å². The lowest BCUT2D eigenvalue weighted by atomic mass is 9.94. The predicted molar refractivity (Wildman–Crippen MR) is 119 cm³/mol. The second-order valence-corrected chi connectivity index (χ2v) is 7.98. The summed E-state index contributed by atoms with van der Waals surface area (Å²) >= 11 is 0. The molecule has 6 heteroatoms. The van der Waals surface area contributed by atoms with Crippen molar-refractivity contribution < 1.29 is 4.52 Å². The van der Waals surface area contributed by atoms with Crippen molar-refractivity contribution in [2.75, 3.05) is 18.0 Å². The molecule has 30 heavy (non-hydrogen) atoms. The number of nitrogens with zero attached hydrogens (tertiary/aromatic N) is 4. The van der Waals surface area contributed by atoms with Gasteiger partial charge in [-0.05, 0) is 68.5 Å². The number of aromatic nitrogens is 3. The fraction of sp³-hybridized carbons (Fsp3) is 0.292. The van der Waals surface area contributed by atoms with E-state index in [9.17, 15) is 0 Å². The zero-order valence-corrected chi connectivity index (χ0v) is 17.4. The Bertz CT molecular complexity index is 1280. The van der Waals surface area contributed by atoms with Crippen molar-refractivity contribution in [2.24, 2.45) is 0 Å². The predicted octanol–water partition coefficient (Wildman–Crippen LogP) is 5.96. The first kappa shape index (κ1) is 18.4. The largest absolute Gasteiger partial charge is 0.361 e. The zero-order chi connectivity index (χ0) is 20.8. The van der Waals surface area contributed by atoms with Gasteiger partial charge in [-0.15, -0.1) is 0 Å². The van der Waals surface area contributed by atoms with Crippen LogP contribution in [0.4, 0.5) is 11.6 Å². The molecule has 0 saturated carbocycles. The van der Waals surface area contributed by atoms with Crippen molar-refractivity contribution in [3.05, 3.63) is 58.8 Å². The molecule has 150 valence electrons. The third kappa shape index (κ3) is 2.94. The molecule has 1 N–H and O–H groups in total. The lowest BCUT2D eigenvalue weighted by Crippen LogP contribution is -2.18. The highest BCUT2D eigenvalue weighted by atomic mass is 16.5. The van der Waals surface area contributed by atoms with E-state index in [1.807, 2.05) is 32.0 Å². The van der Waals surface area contributed by atoms with Crippen LogP contribution in [0.2, 0.25) is 0 Å². The fourth-order valence-electron chi connectivity index (χ4n) is 4.40. The van der Waals surface area contributed by atoms with Gasteiger partial charge in [-0.25, -0.2) is 9.83 Å². The number of aryl methyl sites for hydroxylation is 3. The molecule has 6 nitrogen and oxygen atoms in total. The van der Waals surface area contributed by atoms with Crippen LogP contribution in [0, 0.1) is 27.3 Å². The highest BCUT2D eigenvalue weighted by Gasteiger charge is 2.21. The Morgan fingerprint density at radius 3 is 2.57 bits per heavy atom. The summed E-state index contributed by atoms with van der Waals surface area (Å²) in [5.74, 6) is 1.71. The third-order valence-electron chi connectivity index (χ3n) is 5.94. The number of H-pyrrole nitrogens is 1. The Morgan fingerprint density at radius 2 is 1.87 bits per heavy atom. The quantitative estimate of drug-likeness (QED) is 0.433. The van der Waals surface area contributed by atoms with Crippen LogP contribution in [0.25, 0.3) is 38.1 Å². The number of benzene rings is 2. The summed E-state index contributed by atoms with van der Waals surface area (Å²) in [4.78, 5) is 14.5.